The summed E-state index contributed by atoms with van der Waals surface area (Å²) in [5.74, 6) is -0.849. The zero-order chi connectivity index (χ0) is 16.7. The highest BCUT2D eigenvalue weighted by Gasteiger charge is 2.36. The molecule has 0 N–H and O–H groups in total. The number of hydrogen-bond donors (Lipinski definition) is 0. The molecule has 0 spiro atoms. The first kappa shape index (κ1) is 14.2. The Morgan fingerprint density at radius 1 is 0.917 bits per heavy atom. The first-order valence-electron chi connectivity index (χ1n) is 7.13. The standard InChI is InChI=1S/C16H10FN5O2/c17-10-5-7-11(8-6-10)22-14(18-19-20-22)9-21-15(23)12-3-1-2-4-13(12)16(21)24/h1-8H,9H2. The Morgan fingerprint density at radius 3 is 2.17 bits per heavy atom. The monoisotopic (exact) mass is 323 g/mol. The Bertz CT molecular complexity index is 916. The van der Waals surface area contributed by atoms with E-state index in [1.807, 2.05) is 0 Å². The number of imide groups is 1. The minimum Gasteiger partial charge on any atom is -0.269 e. The van der Waals surface area contributed by atoms with Gasteiger partial charge in [-0.2, -0.15) is 4.68 Å². The van der Waals surface area contributed by atoms with Gasteiger partial charge in [-0.15, -0.1) is 5.10 Å². The summed E-state index contributed by atoms with van der Waals surface area (Å²) in [5.41, 5.74) is 1.26. The Labute approximate surface area is 135 Å². The van der Waals surface area contributed by atoms with Crippen LogP contribution in [0.5, 0.6) is 0 Å². The van der Waals surface area contributed by atoms with Crippen molar-refractivity contribution in [2.45, 2.75) is 6.54 Å². The van der Waals surface area contributed by atoms with Gasteiger partial charge in [0, 0.05) is 0 Å². The molecule has 3 aromatic rings. The second-order valence-electron chi connectivity index (χ2n) is 5.23. The maximum Gasteiger partial charge on any atom is 0.261 e. The number of fused-ring (bicyclic) bond motifs is 1. The summed E-state index contributed by atoms with van der Waals surface area (Å²) in [6.07, 6.45) is 0. The van der Waals surface area contributed by atoms with Gasteiger partial charge in [-0.05, 0) is 46.8 Å². The van der Waals surface area contributed by atoms with E-state index in [1.54, 1.807) is 24.3 Å². The Morgan fingerprint density at radius 2 is 1.54 bits per heavy atom. The third kappa shape index (κ3) is 2.16. The Balaban J connectivity index is 1.66. The van der Waals surface area contributed by atoms with Crippen LogP contribution in [-0.4, -0.2) is 36.9 Å². The van der Waals surface area contributed by atoms with Crippen LogP contribution in [0.1, 0.15) is 26.5 Å². The second-order valence-corrected chi connectivity index (χ2v) is 5.23. The van der Waals surface area contributed by atoms with Crippen LogP contribution in [0.4, 0.5) is 4.39 Å². The molecule has 2 amide bonds. The summed E-state index contributed by atoms with van der Waals surface area (Å²) in [5, 5.41) is 11.3. The largest absolute Gasteiger partial charge is 0.269 e. The van der Waals surface area contributed by atoms with Crippen LogP contribution in [0.2, 0.25) is 0 Å². The summed E-state index contributed by atoms with van der Waals surface area (Å²) >= 11 is 0. The lowest BCUT2D eigenvalue weighted by molar-refractivity contribution is 0.0637. The van der Waals surface area contributed by atoms with E-state index in [1.165, 1.54) is 28.9 Å². The normalized spacial score (nSPS) is 13.5. The molecule has 0 saturated carbocycles. The molecule has 2 aromatic carbocycles. The average molecular weight is 323 g/mol. The number of amides is 2. The highest BCUT2D eigenvalue weighted by molar-refractivity contribution is 6.21. The van der Waals surface area contributed by atoms with Gasteiger partial charge in [0.25, 0.3) is 11.8 Å². The van der Waals surface area contributed by atoms with E-state index in [0.29, 0.717) is 22.6 Å². The molecule has 1 aromatic heterocycles. The minimum absolute atomic E-state index is 0.0727. The number of halogens is 1. The maximum absolute atomic E-state index is 13.1. The predicted octanol–water partition coefficient (Wildman–Crippen LogP) is 1.60. The van der Waals surface area contributed by atoms with Crippen LogP contribution in [0.25, 0.3) is 5.69 Å². The predicted molar refractivity (Wildman–Crippen MR) is 79.8 cm³/mol. The van der Waals surface area contributed by atoms with E-state index in [2.05, 4.69) is 15.5 Å². The molecule has 118 valence electrons. The SMILES string of the molecule is O=C1c2ccccc2C(=O)N1Cc1nnnn1-c1ccc(F)cc1. The van der Waals surface area contributed by atoms with Crippen LogP contribution in [0.15, 0.2) is 48.5 Å². The van der Waals surface area contributed by atoms with Gasteiger partial charge in [0.15, 0.2) is 5.82 Å². The summed E-state index contributed by atoms with van der Waals surface area (Å²) in [6.45, 7) is -0.0727. The van der Waals surface area contributed by atoms with E-state index in [9.17, 15) is 14.0 Å². The van der Waals surface area contributed by atoms with Gasteiger partial charge in [-0.3, -0.25) is 14.5 Å². The molecule has 0 bridgehead atoms. The number of carbonyl (C=O) groups excluding carboxylic acids is 2. The van der Waals surface area contributed by atoms with Gasteiger partial charge < -0.3 is 0 Å². The van der Waals surface area contributed by atoms with Crippen LogP contribution in [0.3, 0.4) is 0 Å². The molecule has 0 aliphatic carbocycles. The average Bonchev–Trinajstić information content (AvgIpc) is 3.15. The van der Waals surface area contributed by atoms with Crippen LogP contribution in [-0.2, 0) is 6.54 Å². The third-order valence-corrected chi connectivity index (χ3v) is 3.78. The molecule has 1 aliphatic rings. The second kappa shape index (κ2) is 5.34. The van der Waals surface area contributed by atoms with Crippen LogP contribution in [0, 0.1) is 5.82 Å². The van der Waals surface area contributed by atoms with Crippen LogP contribution < -0.4 is 0 Å². The molecular formula is C16H10FN5O2. The van der Waals surface area contributed by atoms with Crippen molar-refractivity contribution in [1.29, 1.82) is 0 Å². The highest BCUT2D eigenvalue weighted by Crippen LogP contribution is 2.24. The van der Waals surface area contributed by atoms with Crippen molar-refractivity contribution in [2.24, 2.45) is 0 Å². The van der Waals surface area contributed by atoms with Gasteiger partial charge in [0.2, 0.25) is 0 Å². The van der Waals surface area contributed by atoms with Crippen molar-refractivity contribution in [2.75, 3.05) is 0 Å². The van der Waals surface area contributed by atoms with Crippen molar-refractivity contribution in [3.8, 4) is 5.69 Å². The fourth-order valence-electron chi connectivity index (χ4n) is 2.61. The molecule has 0 radical (unpaired) electrons. The number of nitrogens with zero attached hydrogens (tertiary/aromatic N) is 5. The number of carbonyl (C=O) groups is 2. The number of benzene rings is 2. The molecule has 24 heavy (non-hydrogen) atoms. The molecule has 0 unspecified atom stereocenters. The Kier molecular flexibility index (Phi) is 3.16. The number of hydrogen-bond acceptors (Lipinski definition) is 5. The molecule has 1 aliphatic heterocycles. The van der Waals surface area contributed by atoms with E-state index in [0.717, 1.165) is 4.90 Å². The van der Waals surface area contributed by atoms with Crippen molar-refractivity contribution in [1.82, 2.24) is 25.1 Å². The summed E-state index contributed by atoms with van der Waals surface area (Å²) in [4.78, 5) is 25.9. The van der Waals surface area contributed by atoms with Gasteiger partial charge in [-0.25, -0.2) is 4.39 Å². The Hall–Kier alpha value is -3.42. The van der Waals surface area contributed by atoms with Crippen molar-refractivity contribution >= 4 is 11.8 Å². The summed E-state index contributed by atoms with van der Waals surface area (Å²) < 4.78 is 14.4. The quantitative estimate of drug-likeness (QED) is 0.684. The maximum atomic E-state index is 13.1. The highest BCUT2D eigenvalue weighted by atomic mass is 19.1. The van der Waals surface area contributed by atoms with Crippen LogP contribution >= 0.6 is 0 Å². The number of rotatable bonds is 3. The molecule has 0 atom stereocenters. The third-order valence-electron chi connectivity index (χ3n) is 3.78. The van der Waals surface area contributed by atoms with Gasteiger partial charge in [0.05, 0.1) is 23.4 Å². The lowest BCUT2D eigenvalue weighted by Crippen LogP contribution is -2.30. The zero-order valence-electron chi connectivity index (χ0n) is 12.3. The number of tetrazole rings is 1. The molecule has 4 rings (SSSR count). The summed E-state index contributed by atoms with van der Waals surface area (Å²) in [6, 6.07) is 12.2. The first-order chi connectivity index (χ1) is 11.6. The van der Waals surface area contributed by atoms with E-state index in [-0.39, 0.29) is 24.2 Å². The lowest BCUT2D eigenvalue weighted by Gasteiger charge is -2.13. The van der Waals surface area contributed by atoms with E-state index >= 15 is 0 Å². The van der Waals surface area contributed by atoms with E-state index < -0.39 is 0 Å². The van der Waals surface area contributed by atoms with Crippen molar-refractivity contribution in [3.05, 3.63) is 71.3 Å². The first-order valence-corrected chi connectivity index (χ1v) is 7.13. The van der Waals surface area contributed by atoms with Gasteiger partial charge in [-0.1, -0.05) is 12.1 Å². The van der Waals surface area contributed by atoms with E-state index in [4.69, 9.17) is 0 Å². The zero-order valence-corrected chi connectivity index (χ0v) is 12.3. The molecule has 7 nitrogen and oxygen atoms in total. The fraction of sp³-hybridized carbons (Fsp3) is 0.0625. The number of aromatic nitrogens is 4. The minimum atomic E-state index is -0.385. The molecule has 8 heteroatoms. The molecule has 0 saturated heterocycles. The molecular weight excluding hydrogens is 313 g/mol. The van der Waals surface area contributed by atoms with Crippen molar-refractivity contribution < 1.29 is 14.0 Å². The lowest BCUT2D eigenvalue weighted by atomic mass is 10.1. The summed E-state index contributed by atoms with van der Waals surface area (Å²) in [7, 11) is 0. The van der Waals surface area contributed by atoms with Crippen molar-refractivity contribution in [3.63, 3.8) is 0 Å². The fourth-order valence-corrected chi connectivity index (χ4v) is 2.61. The van der Waals surface area contributed by atoms with Gasteiger partial charge in [0.1, 0.15) is 5.82 Å². The smallest absolute Gasteiger partial charge is 0.261 e. The topological polar surface area (TPSA) is 81.0 Å². The molecule has 2 heterocycles. The van der Waals surface area contributed by atoms with Gasteiger partial charge >= 0.3 is 0 Å². The molecule has 0 fully saturated rings.